The van der Waals surface area contributed by atoms with Crippen LogP contribution in [-0.4, -0.2) is 31.2 Å². The predicted octanol–water partition coefficient (Wildman–Crippen LogP) is 1.19. The minimum absolute atomic E-state index is 0.0392. The van der Waals surface area contributed by atoms with Crippen LogP contribution in [0.1, 0.15) is 45.4 Å². The van der Waals surface area contributed by atoms with Gasteiger partial charge in [0, 0.05) is 13.2 Å². The highest BCUT2D eigenvalue weighted by Crippen LogP contribution is 2.11. The van der Waals surface area contributed by atoms with E-state index >= 15 is 0 Å². The van der Waals surface area contributed by atoms with Crippen molar-refractivity contribution in [2.75, 3.05) is 13.2 Å². The first-order valence-electron chi connectivity index (χ1n) is 6.39. The summed E-state index contributed by atoms with van der Waals surface area (Å²) in [5, 5.41) is 2.87. The molecule has 0 radical (unpaired) electrons. The van der Waals surface area contributed by atoms with Crippen molar-refractivity contribution < 1.29 is 9.53 Å². The lowest BCUT2D eigenvalue weighted by molar-refractivity contribution is -0.123. The molecule has 1 aliphatic heterocycles. The Morgan fingerprint density at radius 3 is 3.00 bits per heavy atom. The maximum absolute atomic E-state index is 11.6. The maximum atomic E-state index is 11.6. The summed E-state index contributed by atoms with van der Waals surface area (Å²) < 4.78 is 5.53. The van der Waals surface area contributed by atoms with E-state index in [0.717, 1.165) is 38.7 Å². The fraction of sp³-hybridized carbons (Fsp3) is 0.917. The van der Waals surface area contributed by atoms with Crippen LogP contribution in [0.3, 0.4) is 0 Å². The molecule has 94 valence electrons. The van der Waals surface area contributed by atoms with Gasteiger partial charge >= 0.3 is 0 Å². The molecule has 0 aromatic rings. The zero-order chi connectivity index (χ0) is 11.8. The molecular formula is C12H24N2O2. The van der Waals surface area contributed by atoms with Crippen molar-refractivity contribution in [3.63, 3.8) is 0 Å². The Morgan fingerprint density at radius 1 is 1.56 bits per heavy atom. The summed E-state index contributed by atoms with van der Waals surface area (Å²) in [4.78, 5) is 11.6. The van der Waals surface area contributed by atoms with Gasteiger partial charge in [-0.15, -0.1) is 0 Å². The molecule has 4 heteroatoms. The maximum Gasteiger partial charge on any atom is 0.237 e. The van der Waals surface area contributed by atoms with E-state index in [4.69, 9.17) is 10.5 Å². The molecule has 2 atom stereocenters. The monoisotopic (exact) mass is 228 g/mol. The topological polar surface area (TPSA) is 64.4 Å². The van der Waals surface area contributed by atoms with Gasteiger partial charge in [0.2, 0.25) is 5.91 Å². The van der Waals surface area contributed by atoms with Crippen molar-refractivity contribution in [3.8, 4) is 0 Å². The average Bonchev–Trinajstić information content (AvgIpc) is 2.34. The number of carbonyl (C=O) groups is 1. The zero-order valence-corrected chi connectivity index (χ0v) is 10.2. The van der Waals surface area contributed by atoms with Crippen LogP contribution in [0, 0.1) is 0 Å². The lowest BCUT2D eigenvalue weighted by atomic mass is 10.1. The number of rotatable bonds is 6. The van der Waals surface area contributed by atoms with Crippen molar-refractivity contribution in [3.05, 3.63) is 0 Å². The molecule has 1 heterocycles. The molecule has 0 saturated carbocycles. The predicted molar refractivity (Wildman–Crippen MR) is 64.1 cm³/mol. The lowest BCUT2D eigenvalue weighted by Gasteiger charge is -2.23. The Labute approximate surface area is 97.9 Å². The number of amides is 1. The summed E-state index contributed by atoms with van der Waals surface area (Å²) in [5.41, 5.74) is 5.77. The van der Waals surface area contributed by atoms with E-state index in [-0.39, 0.29) is 18.1 Å². The van der Waals surface area contributed by atoms with Gasteiger partial charge in [-0.3, -0.25) is 4.79 Å². The molecule has 3 N–H and O–H groups in total. The Hall–Kier alpha value is -0.610. The van der Waals surface area contributed by atoms with Crippen LogP contribution in [0.4, 0.5) is 0 Å². The minimum Gasteiger partial charge on any atom is -0.376 e. The highest BCUT2D eigenvalue weighted by molar-refractivity contribution is 5.81. The fourth-order valence-corrected chi connectivity index (χ4v) is 1.87. The molecule has 1 aliphatic rings. The van der Waals surface area contributed by atoms with Crippen LogP contribution in [0.2, 0.25) is 0 Å². The molecule has 0 spiro atoms. The van der Waals surface area contributed by atoms with Gasteiger partial charge < -0.3 is 15.8 Å². The van der Waals surface area contributed by atoms with E-state index in [1.807, 2.05) is 0 Å². The Morgan fingerprint density at radius 2 is 2.38 bits per heavy atom. The standard InChI is InChI=1S/C12H24N2O2/c1-2-3-7-11(13)12(15)14-9-10-6-4-5-8-16-10/h10-11H,2-9,13H2,1H3,(H,14,15). The van der Waals surface area contributed by atoms with E-state index in [1.54, 1.807) is 0 Å². The third kappa shape index (κ3) is 4.94. The van der Waals surface area contributed by atoms with Crippen LogP contribution >= 0.6 is 0 Å². The second-order valence-corrected chi connectivity index (χ2v) is 4.48. The summed E-state index contributed by atoms with van der Waals surface area (Å²) in [5.74, 6) is -0.0392. The normalized spacial score (nSPS) is 22.8. The first kappa shape index (κ1) is 13.5. The van der Waals surface area contributed by atoms with Crippen molar-refractivity contribution in [1.29, 1.82) is 0 Å². The molecule has 0 aromatic carbocycles. The lowest BCUT2D eigenvalue weighted by Crippen LogP contribution is -2.44. The quantitative estimate of drug-likeness (QED) is 0.717. The molecule has 16 heavy (non-hydrogen) atoms. The zero-order valence-electron chi connectivity index (χ0n) is 10.2. The van der Waals surface area contributed by atoms with Crippen LogP contribution in [0.15, 0.2) is 0 Å². The molecule has 0 aliphatic carbocycles. The average molecular weight is 228 g/mol. The van der Waals surface area contributed by atoms with Gasteiger partial charge in [0.25, 0.3) is 0 Å². The van der Waals surface area contributed by atoms with Gasteiger partial charge in [0.1, 0.15) is 0 Å². The van der Waals surface area contributed by atoms with Gasteiger partial charge in [-0.1, -0.05) is 19.8 Å². The first-order valence-corrected chi connectivity index (χ1v) is 6.39. The largest absolute Gasteiger partial charge is 0.376 e. The minimum atomic E-state index is -0.358. The van der Waals surface area contributed by atoms with Crippen molar-refractivity contribution >= 4 is 5.91 Å². The van der Waals surface area contributed by atoms with Gasteiger partial charge in [0.05, 0.1) is 12.1 Å². The van der Waals surface area contributed by atoms with Crippen LogP contribution in [0.25, 0.3) is 0 Å². The Balaban J connectivity index is 2.12. The highest BCUT2D eigenvalue weighted by Gasteiger charge is 2.17. The third-order valence-corrected chi connectivity index (χ3v) is 2.98. The third-order valence-electron chi connectivity index (χ3n) is 2.98. The summed E-state index contributed by atoms with van der Waals surface area (Å²) >= 11 is 0. The van der Waals surface area contributed by atoms with Crippen molar-refractivity contribution in [1.82, 2.24) is 5.32 Å². The molecular weight excluding hydrogens is 204 g/mol. The molecule has 1 saturated heterocycles. The SMILES string of the molecule is CCCCC(N)C(=O)NCC1CCCCO1. The fourth-order valence-electron chi connectivity index (χ4n) is 1.87. The molecule has 1 fully saturated rings. The molecule has 1 amide bonds. The van der Waals surface area contributed by atoms with Crippen molar-refractivity contribution in [2.24, 2.45) is 5.73 Å². The molecule has 1 rings (SSSR count). The number of ether oxygens (including phenoxy) is 1. The van der Waals surface area contributed by atoms with E-state index in [1.165, 1.54) is 6.42 Å². The van der Waals surface area contributed by atoms with E-state index in [9.17, 15) is 4.79 Å². The number of nitrogens with one attached hydrogen (secondary N) is 1. The van der Waals surface area contributed by atoms with E-state index < -0.39 is 0 Å². The number of unbranched alkanes of at least 4 members (excludes halogenated alkanes) is 1. The van der Waals surface area contributed by atoms with E-state index in [0.29, 0.717) is 6.54 Å². The summed E-state index contributed by atoms with van der Waals surface area (Å²) in [6, 6.07) is -0.358. The number of hydrogen-bond acceptors (Lipinski definition) is 3. The van der Waals surface area contributed by atoms with Gasteiger partial charge in [-0.25, -0.2) is 0 Å². The Kier molecular flexibility index (Phi) is 6.42. The number of carbonyl (C=O) groups excluding carboxylic acids is 1. The molecule has 4 nitrogen and oxygen atoms in total. The van der Waals surface area contributed by atoms with Gasteiger partial charge in [-0.2, -0.15) is 0 Å². The molecule has 0 bridgehead atoms. The van der Waals surface area contributed by atoms with Gasteiger partial charge in [0.15, 0.2) is 0 Å². The number of nitrogens with two attached hydrogens (primary N) is 1. The van der Waals surface area contributed by atoms with E-state index in [2.05, 4.69) is 12.2 Å². The second-order valence-electron chi connectivity index (χ2n) is 4.48. The van der Waals surface area contributed by atoms with Crippen LogP contribution in [-0.2, 0) is 9.53 Å². The number of hydrogen-bond donors (Lipinski definition) is 2. The van der Waals surface area contributed by atoms with Crippen LogP contribution < -0.4 is 11.1 Å². The second kappa shape index (κ2) is 7.63. The smallest absolute Gasteiger partial charge is 0.237 e. The summed E-state index contributed by atoms with van der Waals surface area (Å²) in [6.07, 6.45) is 6.43. The molecule has 2 unspecified atom stereocenters. The Bertz CT molecular complexity index is 203. The van der Waals surface area contributed by atoms with Crippen LogP contribution in [0.5, 0.6) is 0 Å². The highest BCUT2D eigenvalue weighted by atomic mass is 16.5. The van der Waals surface area contributed by atoms with Crippen molar-refractivity contribution in [2.45, 2.75) is 57.6 Å². The summed E-state index contributed by atoms with van der Waals surface area (Å²) in [7, 11) is 0. The molecule has 0 aromatic heterocycles. The first-order chi connectivity index (χ1) is 7.74. The summed E-state index contributed by atoms with van der Waals surface area (Å²) in [6.45, 7) is 3.53. The van der Waals surface area contributed by atoms with Gasteiger partial charge in [-0.05, 0) is 25.7 Å².